The lowest BCUT2D eigenvalue weighted by atomic mass is 10.2. The van der Waals surface area contributed by atoms with Crippen molar-refractivity contribution in [1.29, 1.82) is 0 Å². The Morgan fingerprint density at radius 3 is 2.70 bits per heavy atom. The number of benzene rings is 1. The zero-order chi connectivity index (χ0) is 16.2. The zero-order valence-electron chi connectivity index (χ0n) is 12.4. The molecule has 1 aliphatic rings. The molecule has 1 amide bonds. The highest BCUT2D eigenvalue weighted by molar-refractivity contribution is 5.97. The zero-order valence-corrected chi connectivity index (χ0v) is 12.4. The standard InChI is InChI=1S/C16H15NO6/c1-10(23-16(19)11-4-5-20-9-11)15(18)17-12-2-3-13-14(8-12)22-7-6-21-13/h2-5,8-10H,6-7H2,1H3,(H,17,18). The van der Waals surface area contributed by atoms with Gasteiger partial charge in [0.25, 0.3) is 5.91 Å². The second-order valence-electron chi connectivity index (χ2n) is 4.91. The summed E-state index contributed by atoms with van der Waals surface area (Å²) < 4.78 is 20.7. The highest BCUT2D eigenvalue weighted by Crippen LogP contribution is 2.32. The molecule has 7 heteroatoms. The maximum Gasteiger partial charge on any atom is 0.342 e. The van der Waals surface area contributed by atoms with Crippen LogP contribution in [0.15, 0.2) is 41.2 Å². The number of hydrogen-bond acceptors (Lipinski definition) is 6. The van der Waals surface area contributed by atoms with Crippen LogP contribution in [0.3, 0.4) is 0 Å². The normalized spacial score (nSPS) is 14.0. The van der Waals surface area contributed by atoms with E-state index in [2.05, 4.69) is 5.32 Å². The predicted molar refractivity (Wildman–Crippen MR) is 79.6 cm³/mol. The van der Waals surface area contributed by atoms with Crippen molar-refractivity contribution in [3.05, 3.63) is 42.4 Å². The van der Waals surface area contributed by atoms with Gasteiger partial charge < -0.3 is 23.9 Å². The van der Waals surface area contributed by atoms with Crippen molar-refractivity contribution in [2.24, 2.45) is 0 Å². The summed E-state index contributed by atoms with van der Waals surface area (Å²) in [6.45, 7) is 2.45. The van der Waals surface area contributed by atoms with E-state index >= 15 is 0 Å². The number of ether oxygens (including phenoxy) is 3. The first-order chi connectivity index (χ1) is 11.1. The number of carbonyl (C=O) groups excluding carboxylic acids is 2. The van der Waals surface area contributed by atoms with Crippen LogP contribution in [0.4, 0.5) is 5.69 Å². The molecule has 0 radical (unpaired) electrons. The molecule has 1 aliphatic heterocycles. The highest BCUT2D eigenvalue weighted by atomic mass is 16.6. The van der Waals surface area contributed by atoms with Crippen LogP contribution in [0, 0.1) is 0 Å². The Hall–Kier alpha value is -2.96. The van der Waals surface area contributed by atoms with E-state index in [1.54, 1.807) is 18.2 Å². The molecule has 1 atom stereocenters. The van der Waals surface area contributed by atoms with Gasteiger partial charge in [0, 0.05) is 11.8 Å². The molecule has 1 unspecified atom stereocenters. The SMILES string of the molecule is CC(OC(=O)c1ccoc1)C(=O)Nc1ccc2c(c1)OCCO2. The number of rotatable bonds is 4. The molecule has 2 heterocycles. The Bertz CT molecular complexity index is 709. The number of amides is 1. The summed E-state index contributed by atoms with van der Waals surface area (Å²) in [4.78, 5) is 23.9. The molecule has 2 aromatic rings. The molecule has 0 spiro atoms. The van der Waals surface area contributed by atoms with E-state index in [1.807, 2.05) is 0 Å². The molecule has 0 saturated heterocycles. The molecule has 1 aromatic heterocycles. The van der Waals surface area contributed by atoms with Gasteiger partial charge in [-0.3, -0.25) is 4.79 Å². The van der Waals surface area contributed by atoms with Crippen molar-refractivity contribution < 1.29 is 28.2 Å². The van der Waals surface area contributed by atoms with Gasteiger partial charge in [-0.15, -0.1) is 0 Å². The fourth-order valence-electron chi connectivity index (χ4n) is 2.03. The van der Waals surface area contributed by atoms with Crippen molar-refractivity contribution in [3.8, 4) is 11.5 Å². The van der Waals surface area contributed by atoms with Gasteiger partial charge in [-0.05, 0) is 25.1 Å². The van der Waals surface area contributed by atoms with E-state index in [0.717, 1.165) is 0 Å². The smallest absolute Gasteiger partial charge is 0.342 e. The van der Waals surface area contributed by atoms with E-state index in [1.165, 1.54) is 25.5 Å². The van der Waals surface area contributed by atoms with Gasteiger partial charge in [0.05, 0.1) is 11.8 Å². The lowest BCUT2D eigenvalue weighted by molar-refractivity contribution is -0.123. The Kier molecular flexibility index (Phi) is 4.18. The van der Waals surface area contributed by atoms with Crippen molar-refractivity contribution in [3.63, 3.8) is 0 Å². The molecule has 1 N–H and O–H groups in total. The minimum absolute atomic E-state index is 0.254. The van der Waals surface area contributed by atoms with E-state index in [9.17, 15) is 9.59 Å². The van der Waals surface area contributed by atoms with Gasteiger partial charge in [0.1, 0.15) is 19.5 Å². The van der Waals surface area contributed by atoms with Crippen molar-refractivity contribution >= 4 is 17.6 Å². The van der Waals surface area contributed by atoms with Crippen LogP contribution < -0.4 is 14.8 Å². The fraction of sp³-hybridized carbons (Fsp3) is 0.250. The van der Waals surface area contributed by atoms with E-state index < -0.39 is 18.0 Å². The number of nitrogens with one attached hydrogen (secondary N) is 1. The molecule has 0 bridgehead atoms. The molecule has 0 fully saturated rings. The molecule has 0 saturated carbocycles. The first kappa shape index (κ1) is 15.0. The second-order valence-corrected chi connectivity index (χ2v) is 4.91. The van der Waals surface area contributed by atoms with Gasteiger partial charge in [-0.25, -0.2) is 4.79 Å². The van der Waals surface area contributed by atoms with E-state index in [4.69, 9.17) is 18.6 Å². The summed E-state index contributed by atoms with van der Waals surface area (Å²) in [6, 6.07) is 6.53. The minimum Gasteiger partial charge on any atom is -0.486 e. The van der Waals surface area contributed by atoms with Crippen LogP contribution in [0.5, 0.6) is 11.5 Å². The van der Waals surface area contributed by atoms with Crippen LogP contribution in [-0.4, -0.2) is 31.2 Å². The molecule has 3 rings (SSSR count). The van der Waals surface area contributed by atoms with Crippen LogP contribution in [0.25, 0.3) is 0 Å². The van der Waals surface area contributed by atoms with Crippen molar-refractivity contribution in [1.82, 2.24) is 0 Å². The molecule has 1 aromatic carbocycles. The number of carbonyl (C=O) groups is 2. The third-order valence-electron chi connectivity index (χ3n) is 3.22. The second kappa shape index (κ2) is 6.43. The maximum absolute atomic E-state index is 12.1. The predicted octanol–water partition coefficient (Wildman–Crippen LogP) is 2.23. The topological polar surface area (TPSA) is 87.0 Å². The first-order valence-corrected chi connectivity index (χ1v) is 7.07. The first-order valence-electron chi connectivity index (χ1n) is 7.07. The molecular formula is C16H15NO6. The number of fused-ring (bicyclic) bond motifs is 1. The third kappa shape index (κ3) is 3.45. The van der Waals surface area contributed by atoms with Gasteiger partial charge in [-0.1, -0.05) is 0 Å². The Labute approximate surface area is 132 Å². The summed E-state index contributed by atoms with van der Waals surface area (Å²) in [6.07, 6.45) is 1.66. The van der Waals surface area contributed by atoms with Crippen molar-refractivity contribution in [2.75, 3.05) is 18.5 Å². The Balaban J connectivity index is 1.61. The lowest BCUT2D eigenvalue weighted by Gasteiger charge is -2.19. The number of anilines is 1. The Morgan fingerprint density at radius 2 is 1.96 bits per heavy atom. The van der Waals surface area contributed by atoms with Crippen LogP contribution in [0.1, 0.15) is 17.3 Å². The van der Waals surface area contributed by atoms with E-state index in [-0.39, 0.29) is 5.56 Å². The number of hydrogen-bond donors (Lipinski definition) is 1. The monoisotopic (exact) mass is 317 g/mol. The summed E-state index contributed by atoms with van der Waals surface area (Å²) in [5.41, 5.74) is 0.787. The quantitative estimate of drug-likeness (QED) is 0.870. The molecule has 0 aliphatic carbocycles. The Morgan fingerprint density at radius 1 is 1.17 bits per heavy atom. The van der Waals surface area contributed by atoms with Gasteiger partial charge in [-0.2, -0.15) is 0 Å². The molecule has 7 nitrogen and oxygen atoms in total. The van der Waals surface area contributed by atoms with E-state index in [0.29, 0.717) is 30.4 Å². The third-order valence-corrected chi connectivity index (χ3v) is 3.22. The highest BCUT2D eigenvalue weighted by Gasteiger charge is 2.20. The van der Waals surface area contributed by atoms with Gasteiger partial charge >= 0.3 is 5.97 Å². The van der Waals surface area contributed by atoms with Crippen LogP contribution in [0.2, 0.25) is 0 Å². The number of esters is 1. The fourth-order valence-corrected chi connectivity index (χ4v) is 2.03. The molecule has 120 valence electrons. The lowest BCUT2D eigenvalue weighted by Crippen LogP contribution is -2.30. The molecular weight excluding hydrogens is 302 g/mol. The van der Waals surface area contributed by atoms with Crippen LogP contribution in [-0.2, 0) is 9.53 Å². The summed E-state index contributed by atoms with van der Waals surface area (Å²) in [5, 5.41) is 2.67. The average Bonchev–Trinajstić information content (AvgIpc) is 3.09. The summed E-state index contributed by atoms with van der Waals surface area (Å²) in [5.74, 6) is 0.132. The summed E-state index contributed by atoms with van der Waals surface area (Å²) in [7, 11) is 0. The van der Waals surface area contributed by atoms with Gasteiger partial charge in [0.2, 0.25) is 0 Å². The van der Waals surface area contributed by atoms with Gasteiger partial charge in [0.15, 0.2) is 17.6 Å². The largest absolute Gasteiger partial charge is 0.486 e. The summed E-state index contributed by atoms with van der Waals surface area (Å²) >= 11 is 0. The van der Waals surface area contributed by atoms with Crippen LogP contribution >= 0.6 is 0 Å². The van der Waals surface area contributed by atoms with Crippen molar-refractivity contribution in [2.45, 2.75) is 13.0 Å². The molecule has 23 heavy (non-hydrogen) atoms. The minimum atomic E-state index is -0.953. The maximum atomic E-state index is 12.1. The average molecular weight is 317 g/mol. The number of furan rings is 1.